The van der Waals surface area contributed by atoms with Gasteiger partial charge in [-0.15, -0.1) is 12.4 Å². The summed E-state index contributed by atoms with van der Waals surface area (Å²) in [5, 5.41) is 6.03. The summed E-state index contributed by atoms with van der Waals surface area (Å²) >= 11 is 0. The van der Waals surface area contributed by atoms with Gasteiger partial charge in [0.15, 0.2) is 5.76 Å². The molecule has 0 aliphatic carbocycles. The van der Waals surface area contributed by atoms with E-state index in [0.717, 1.165) is 37.0 Å². The summed E-state index contributed by atoms with van der Waals surface area (Å²) in [6, 6.07) is 1.28. The molecule has 10 heteroatoms. The number of carbonyl (C=O) groups excluding carboxylic acids is 1. The Balaban J connectivity index is 0.00000288. The molecular formula is C14H25ClN4O4S. The average molecular weight is 381 g/mol. The largest absolute Gasteiger partial charge is 0.455 e. The molecule has 138 valence electrons. The van der Waals surface area contributed by atoms with Crippen molar-refractivity contribution in [3.63, 3.8) is 0 Å². The predicted octanol–water partition coefficient (Wildman–Crippen LogP) is -0.105. The first kappa shape index (κ1) is 20.9. The van der Waals surface area contributed by atoms with Crippen LogP contribution in [0.25, 0.3) is 0 Å². The van der Waals surface area contributed by atoms with Gasteiger partial charge in [-0.3, -0.25) is 9.69 Å². The first-order chi connectivity index (χ1) is 10.8. The molecule has 1 aromatic rings. The fraction of sp³-hybridized carbons (Fsp3) is 0.643. The minimum absolute atomic E-state index is 0. The zero-order chi connectivity index (χ0) is 17.0. The lowest BCUT2D eigenvalue weighted by molar-refractivity contribution is 0.0918. The Labute approximate surface area is 149 Å². The highest BCUT2D eigenvalue weighted by Gasteiger charge is 2.25. The van der Waals surface area contributed by atoms with Crippen LogP contribution in [0, 0.1) is 6.92 Å². The number of hydrogen-bond acceptors (Lipinski definition) is 6. The molecule has 1 amide bonds. The molecule has 0 atom stereocenters. The second-order valence-corrected chi connectivity index (χ2v) is 7.79. The minimum atomic E-state index is -3.61. The molecule has 1 saturated heterocycles. The van der Waals surface area contributed by atoms with Gasteiger partial charge in [-0.05, 0) is 6.92 Å². The van der Waals surface area contributed by atoms with Crippen LogP contribution in [0.1, 0.15) is 16.3 Å². The lowest BCUT2D eigenvalue weighted by atomic mass is 10.3. The van der Waals surface area contributed by atoms with Crippen molar-refractivity contribution in [3.8, 4) is 0 Å². The average Bonchev–Trinajstić information content (AvgIpc) is 2.91. The predicted molar refractivity (Wildman–Crippen MR) is 93.2 cm³/mol. The molecule has 1 aliphatic rings. The Morgan fingerprint density at radius 3 is 2.58 bits per heavy atom. The van der Waals surface area contributed by atoms with Gasteiger partial charge in [0.2, 0.25) is 10.0 Å². The van der Waals surface area contributed by atoms with Crippen molar-refractivity contribution in [3.05, 3.63) is 17.6 Å². The van der Waals surface area contributed by atoms with E-state index in [-0.39, 0.29) is 28.8 Å². The summed E-state index contributed by atoms with van der Waals surface area (Å²) in [5.41, 5.74) is 0. The number of furan rings is 1. The highest BCUT2D eigenvalue weighted by atomic mass is 35.5. The summed E-state index contributed by atoms with van der Waals surface area (Å²) in [7, 11) is -0.735. The van der Waals surface area contributed by atoms with Gasteiger partial charge in [-0.25, -0.2) is 12.7 Å². The second-order valence-electron chi connectivity index (χ2n) is 5.67. The smallest absolute Gasteiger partial charge is 0.287 e. The van der Waals surface area contributed by atoms with E-state index in [1.807, 2.05) is 0 Å². The molecule has 2 heterocycles. The van der Waals surface area contributed by atoms with Crippen LogP contribution in [0.15, 0.2) is 15.4 Å². The van der Waals surface area contributed by atoms with E-state index in [9.17, 15) is 13.2 Å². The number of halogens is 1. The molecule has 0 spiro atoms. The van der Waals surface area contributed by atoms with Gasteiger partial charge in [0.05, 0.1) is 0 Å². The van der Waals surface area contributed by atoms with Gasteiger partial charge in [-0.2, -0.15) is 0 Å². The molecule has 0 aromatic carbocycles. The quantitative estimate of drug-likeness (QED) is 0.715. The van der Waals surface area contributed by atoms with Crippen LogP contribution in [0.3, 0.4) is 0 Å². The van der Waals surface area contributed by atoms with Gasteiger partial charge >= 0.3 is 0 Å². The second kappa shape index (κ2) is 8.82. The standard InChI is InChI=1S/C14H24N4O4S.ClH/c1-11-13(23(20,21)17(2)3)10-12(22-11)14(19)16-6-9-18-7-4-15-5-8-18;/h10,15H,4-9H2,1-3H3,(H,16,19);1H. The Hall–Kier alpha value is -1.13. The number of nitrogens with one attached hydrogen (secondary N) is 2. The first-order valence-electron chi connectivity index (χ1n) is 7.56. The molecule has 0 unspecified atom stereocenters. The molecule has 1 aromatic heterocycles. The van der Waals surface area contributed by atoms with Crippen LogP contribution >= 0.6 is 12.4 Å². The SMILES string of the molecule is Cc1oc(C(=O)NCCN2CCNCC2)cc1S(=O)(=O)N(C)C.Cl. The fourth-order valence-electron chi connectivity index (χ4n) is 2.38. The number of nitrogens with zero attached hydrogens (tertiary/aromatic N) is 2. The van der Waals surface area contributed by atoms with Crippen molar-refractivity contribution < 1.29 is 17.6 Å². The van der Waals surface area contributed by atoms with Crippen LogP contribution in [-0.4, -0.2) is 76.9 Å². The highest BCUT2D eigenvalue weighted by Crippen LogP contribution is 2.22. The van der Waals surface area contributed by atoms with Gasteiger partial charge in [0, 0.05) is 59.4 Å². The van der Waals surface area contributed by atoms with E-state index in [2.05, 4.69) is 15.5 Å². The molecule has 0 bridgehead atoms. The van der Waals surface area contributed by atoms with Crippen molar-refractivity contribution in [2.45, 2.75) is 11.8 Å². The number of hydrogen-bond donors (Lipinski definition) is 2. The number of piperazine rings is 1. The topological polar surface area (TPSA) is 94.9 Å². The van der Waals surface area contributed by atoms with E-state index in [4.69, 9.17) is 4.42 Å². The molecule has 0 radical (unpaired) electrons. The molecular weight excluding hydrogens is 356 g/mol. The van der Waals surface area contributed by atoms with E-state index in [1.54, 1.807) is 0 Å². The maximum atomic E-state index is 12.1. The number of sulfonamides is 1. The Morgan fingerprint density at radius 2 is 2.00 bits per heavy atom. The minimum Gasteiger partial charge on any atom is -0.455 e. The number of carbonyl (C=O) groups is 1. The normalized spacial score (nSPS) is 16.0. The molecule has 24 heavy (non-hydrogen) atoms. The first-order valence-corrected chi connectivity index (χ1v) is 9.00. The van der Waals surface area contributed by atoms with Gasteiger partial charge in [0.1, 0.15) is 10.7 Å². The third-order valence-corrected chi connectivity index (χ3v) is 5.70. The summed E-state index contributed by atoms with van der Waals surface area (Å²) in [6.45, 7) is 6.62. The van der Waals surface area contributed by atoms with E-state index in [1.165, 1.54) is 27.1 Å². The zero-order valence-corrected chi connectivity index (χ0v) is 15.8. The molecule has 0 saturated carbocycles. The lowest BCUT2D eigenvalue weighted by Gasteiger charge is -2.26. The summed E-state index contributed by atoms with van der Waals surface area (Å²) in [5.74, 6) is -0.169. The van der Waals surface area contributed by atoms with Crippen molar-refractivity contribution in [2.24, 2.45) is 0 Å². The molecule has 8 nitrogen and oxygen atoms in total. The third kappa shape index (κ3) is 4.93. The van der Waals surface area contributed by atoms with Gasteiger partial charge < -0.3 is 15.1 Å². The number of amides is 1. The summed E-state index contributed by atoms with van der Waals surface area (Å²) in [4.78, 5) is 14.4. The van der Waals surface area contributed by atoms with Crippen molar-refractivity contribution in [1.82, 2.24) is 19.8 Å². The third-order valence-electron chi connectivity index (χ3n) is 3.78. The van der Waals surface area contributed by atoms with Crippen molar-refractivity contribution in [1.29, 1.82) is 0 Å². The monoisotopic (exact) mass is 380 g/mol. The van der Waals surface area contributed by atoms with Crippen molar-refractivity contribution in [2.75, 3.05) is 53.4 Å². The highest BCUT2D eigenvalue weighted by molar-refractivity contribution is 7.89. The number of rotatable bonds is 6. The van der Waals surface area contributed by atoms with E-state index < -0.39 is 15.9 Å². The van der Waals surface area contributed by atoms with Crippen LogP contribution in [0.2, 0.25) is 0 Å². The molecule has 2 rings (SSSR count). The molecule has 1 fully saturated rings. The Bertz CT molecular complexity index is 654. The van der Waals surface area contributed by atoms with Gasteiger partial charge in [-0.1, -0.05) is 0 Å². The molecule has 1 aliphatic heterocycles. The van der Waals surface area contributed by atoms with E-state index in [0.29, 0.717) is 6.54 Å². The van der Waals surface area contributed by atoms with Crippen LogP contribution in [0.5, 0.6) is 0 Å². The van der Waals surface area contributed by atoms with Crippen LogP contribution < -0.4 is 10.6 Å². The van der Waals surface area contributed by atoms with Crippen molar-refractivity contribution >= 4 is 28.3 Å². The Morgan fingerprint density at radius 1 is 1.38 bits per heavy atom. The molecule has 2 N–H and O–H groups in total. The maximum Gasteiger partial charge on any atom is 0.287 e. The number of aryl methyl sites for hydroxylation is 1. The summed E-state index contributed by atoms with van der Waals surface area (Å²) < 4.78 is 30.7. The Kier molecular flexibility index (Phi) is 7.68. The maximum absolute atomic E-state index is 12.1. The van der Waals surface area contributed by atoms with Crippen LogP contribution in [0.4, 0.5) is 0 Å². The zero-order valence-electron chi connectivity index (χ0n) is 14.2. The summed E-state index contributed by atoms with van der Waals surface area (Å²) in [6.07, 6.45) is 0. The van der Waals surface area contributed by atoms with Crippen LogP contribution in [-0.2, 0) is 10.0 Å². The van der Waals surface area contributed by atoms with Gasteiger partial charge in [0.25, 0.3) is 5.91 Å². The lowest BCUT2D eigenvalue weighted by Crippen LogP contribution is -2.46. The van der Waals surface area contributed by atoms with E-state index >= 15 is 0 Å². The fourth-order valence-corrected chi connectivity index (χ4v) is 3.43.